The van der Waals surface area contributed by atoms with Crippen LogP contribution < -0.4 is 20.1 Å². The molecule has 1 heterocycles. The Bertz CT molecular complexity index is 1300. The molecule has 186 valence electrons. The highest BCUT2D eigenvalue weighted by molar-refractivity contribution is 6.02. The molecular weight excluding hydrogens is 444 g/mol. The number of nitrogens with one attached hydrogen (secondary N) is 2. The van der Waals surface area contributed by atoms with Crippen LogP contribution in [-0.4, -0.2) is 36.4 Å². The minimum Gasteiger partial charge on any atom is -0.454 e. The first-order chi connectivity index (χ1) is 16.9. The predicted octanol–water partition coefficient (Wildman–Crippen LogP) is 4.91. The lowest BCUT2D eigenvalue weighted by molar-refractivity contribution is -0.118. The fraction of sp³-hybridized carbons (Fsp3) is 0.286. The van der Waals surface area contributed by atoms with E-state index in [1.54, 1.807) is 19.1 Å². The minimum atomic E-state index is -0.549. The van der Waals surface area contributed by atoms with Crippen LogP contribution in [-0.2, 0) is 10.2 Å². The third-order valence-electron chi connectivity index (χ3n) is 6.71. The van der Waals surface area contributed by atoms with Gasteiger partial charge in [0.05, 0.1) is 12.0 Å². The molecular formula is C28H34N2O5. The molecule has 7 heteroatoms. The molecule has 0 saturated heterocycles. The van der Waals surface area contributed by atoms with E-state index >= 15 is 0 Å². The molecule has 1 aliphatic carbocycles. The molecule has 1 aliphatic heterocycles. The summed E-state index contributed by atoms with van der Waals surface area (Å²) in [5, 5.41) is 15.0. The van der Waals surface area contributed by atoms with E-state index in [-0.39, 0.29) is 35.5 Å². The minimum absolute atomic E-state index is 0. The molecule has 0 spiro atoms. The van der Waals surface area contributed by atoms with Crippen LogP contribution >= 0.6 is 0 Å². The topological polar surface area (TPSA) is 96.9 Å². The van der Waals surface area contributed by atoms with Crippen molar-refractivity contribution in [1.82, 2.24) is 5.32 Å². The SMILES string of the molecule is Cc1ccc(NC(=O)C2(c3ccc4c(c3)OCO4)CC2)cc1-c1ccc(C(=O)N[C@H](C)CO)cc1.[HH].[HH].[HH]. The molecule has 3 aromatic rings. The van der Waals surface area contributed by atoms with Gasteiger partial charge in [-0.3, -0.25) is 9.59 Å². The van der Waals surface area contributed by atoms with Crippen molar-refractivity contribution in [3.63, 3.8) is 0 Å². The van der Waals surface area contributed by atoms with Gasteiger partial charge >= 0.3 is 0 Å². The summed E-state index contributed by atoms with van der Waals surface area (Å²) in [6.07, 6.45) is 1.57. The van der Waals surface area contributed by atoms with Gasteiger partial charge in [0.1, 0.15) is 0 Å². The molecule has 35 heavy (non-hydrogen) atoms. The first kappa shape index (κ1) is 22.9. The second-order valence-corrected chi connectivity index (χ2v) is 9.27. The first-order valence-electron chi connectivity index (χ1n) is 11.7. The zero-order valence-corrected chi connectivity index (χ0v) is 19.8. The summed E-state index contributed by atoms with van der Waals surface area (Å²) < 4.78 is 10.9. The van der Waals surface area contributed by atoms with Crippen molar-refractivity contribution in [2.45, 2.75) is 38.1 Å². The van der Waals surface area contributed by atoms with Crippen LogP contribution in [0, 0.1) is 6.92 Å². The number of benzene rings is 3. The van der Waals surface area contributed by atoms with E-state index in [1.165, 1.54) is 0 Å². The number of rotatable bonds is 7. The van der Waals surface area contributed by atoms with Crippen molar-refractivity contribution >= 4 is 17.5 Å². The van der Waals surface area contributed by atoms with Crippen molar-refractivity contribution in [3.8, 4) is 22.6 Å². The van der Waals surface area contributed by atoms with Crippen molar-refractivity contribution in [1.29, 1.82) is 0 Å². The van der Waals surface area contributed by atoms with Crippen LogP contribution in [0.1, 0.15) is 45.5 Å². The van der Waals surface area contributed by atoms with Crippen LogP contribution in [0.5, 0.6) is 11.5 Å². The average molecular weight is 479 g/mol. The molecule has 5 rings (SSSR count). The maximum absolute atomic E-state index is 13.3. The third kappa shape index (κ3) is 4.47. The highest BCUT2D eigenvalue weighted by atomic mass is 16.7. The fourth-order valence-electron chi connectivity index (χ4n) is 4.38. The van der Waals surface area contributed by atoms with E-state index in [4.69, 9.17) is 14.6 Å². The quantitative estimate of drug-likeness (QED) is 0.448. The summed E-state index contributed by atoms with van der Waals surface area (Å²) in [4.78, 5) is 25.6. The second-order valence-electron chi connectivity index (χ2n) is 9.27. The van der Waals surface area contributed by atoms with Gasteiger partial charge in [-0.25, -0.2) is 0 Å². The number of aliphatic hydroxyl groups is 1. The van der Waals surface area contributed by atoms with Crippen molar-refractivity contribution in [2.24, 2.45) is 0 Å². The van der Waals surface area contributed by atoms with Crippen molar-refractivity contribution < 1.29 is 28.4 Å². The standard InChI is InChI=1S/C28H28N2O5.3H2/c1-17-3-9-22(14-23(17)19-4-6-20(7-5-19)26(32)29-18(2)15-31)30-27(33)28(11-12-28)21-8-10-24-25(13-21)35-16-34-24;;;/h3-10,13-14,18,31H,11-12,15-16H2,1-2H3,(H,29,32)(H,30,33);3*1H/t18-;;;/m1.../s1. The van der Waals surface area contributed by atoms with Gasteiger partial charge in [0.15, 0.2) is 11.5 Å². The van der Waals surface area contributed by atoms with Crippen molar-refractivity contribution in [2.75, 3.05) is 18.7 Å². The maximum Gasteiger partial charge on any atom is 0.251 e. The summed E-state index contributed by atoms with van der Waals surface area (Å²) in [6, 6.07) is 18.6. The van der Waals surface area contributed by atoms with Crippen LogP contribution in [0.25, 0.3) is 11.1 Å². The number of carbonyl (C=O) groups excluding carboxylic acids is 2. The van der Waals surface area contributed by atoms with Gasteiger partial charge in [-0.2, -0.15) is 0 Å². The molecule has 7 nitrogen and oxygen atoms in total. The van der Waals surface area contributed by atoms with E-state index in [2.05, 4.69) is 10.6 Å². The monoisotopic (exact) mass is 478 g/mol. The van der Waals surface area contributed by atoms with Gasteiger partial charge in [-0.15, -0.1) is 0 Å². The molecule has 2 aliphatic rings. The number of ether oxygens (including phenoxy) is 2. The zero-order valence-electron chi connectivity index (χ0n) is 19.8. The molecule has 0 unspecified atom stereocenters. The molecule has 3 N–H and O–H groups in total. The zero-order chi connectivity index (χ0) is 24.6. The first-order valence-corrected chi connectivity index (χ1v) is 11.7. The van der Waals surface area contributed by atoms with E-state index in [1.807, 2.05) is 55.5 Å². The smallest absolute Gasteiger partial charge is 0.251 e. The Labute approximate surface area is 208 Å². The molecule has 0 radical (unpaired) electrons. The lowest BCUT2D eigenvalue weighted by Crippen LogP contribution is -2.34. The van der Waals surface area contributed by atoms with E-state index in [0.29, 0.717) is 17.1 Å². The highest BCUT2D eigenvalue weighted by Gasteiger charge is 2.51. The number of aliphatic hydroxyl groups excluding tert-OH is 1. The predicted molar refractivity (Wildman–Crippen MR) is 139 cm³/mol. The Balaban J connectivity index is 0.00000169. The largest absolute Gasteiger partial charge is 0.454 e. The highest BCUT2D eigenvalue weighted by Crippen LogP contribution is 2.51. The number of anilines is 1. The lowest BCUT2D eigenvalue weighted by atomic mass is 9.94. The molecule has 2 amide bonds. The van der Waals surface area contributed by atoms with Gasteiger partial charge in [0, 0.05) is 21.6 Å². The lowest BCUT2D eigenvalue weighted by Gasteiger charge is -2.17. The Morgan fingerprint density at radius 2 is 1.77 bits per heavy atom. The Morgan fingerprint density at radius 3 is 2.49 bits per heavy atom. The van der Waals surface area contributed by atoms with Gasteiger partial charge in [-0.1, -0.05) is 24.3 Å². The number of hydrogen-bond acceptors (Lipinski definition) is 5. The number of amides is 2. The molecule has 1 atom stereocenters. The van der Waals surface area contributed by atoms with Gasteiger partial charge in [0.25, 0.3) is 5.91 Å². The average Bonchev–Trinajstić information content (AvgIpc) is 3.56. The normalized spacial score (nSPS) is 15.9. The molecule has 1 saturated carbocycles. The summed E-state index contributed by atoms with van der Waals surface area (Å²) in [7, 11) is 0. The molecule has 3 aromatic carbocycles. The van der Waals surface area contributed by atoms with Gasteiger partial charge in [0.2, 0.25) is 12.7 Å². The maximum atomic E-state index is 13.3. The second kappa shape index (κ2) is 9.07. The molecule has 0 bridgehead atoms. The summed E-state index contributed by atoms with van der Waals surface area (Å²) in [5.41, 5.74) is 4.62. The Morgan fingerprint density at radius 1 is 1.03 bits per heavy atom. The Kier molecular flexibility index (Phi) is 5.94. The fourth-order valence-corrected chi connectivity index (χ4v) is 4.38. The molecule has 1 fully saturated rings. The van der Waals surface area contributed by atoms with Crippen LogP contribution in [0.2, 0.25) is 0 Å². The molecule has 0 aromatic heterocycles. The number of aryl methyl sites for hydroxylation is 1. The van der Waals surface area contributed by atoms with Crippen LogP contribution in [0.3, 0.4) is 0 Å². The van der Waals surface area contributed by atoms with E-state index in [9.17, 15) is 9.59 Å². The van der Waals surface area contributed by atoms with Crippen LogP contribution in [0.15, 0.2) is 60.7 Å². The van der Waals surface area contributed by atoms with E-state index in [0.717, 1.165) is 40.8 Å². The van der Waals surface area contributed by atoms with Gasteiger partial charge in [-0.05, 0) is 85.3 Å². The van der Waals surface area contributed by atoms with Crippen LogP contribution in [0.4, 0.5) is 5.69 Å². The number of hydrogen-bond donors (Lipinski definition) is 3. The van der Waals surface area contributed by atoms with Gasteiger partial charge < -0.3 is 25.2 Å². The van der Waals surface area contributed by atoms with E-state index < -0.39 is 5.41 Å². The Hall–Kier alpha value is -3.84. The summed E-state index contributed by atoms with van der Waals surface area (Å²) >= 11 is 0. The number of fused-ring (bicyclic) bond motifs is 1. The number of carbonyl (C=O) groups is 2. The third-order valence-corrected chi connectivity index (χ3v) is 6.71. The summed E-state index contributed by atoms with van der Waals surface area (Å²) in [5.74, 6) is 1.13. The summed E-state index contributed by atoms with van der Waals surface area (Å²) in [6.45, 7) is 3.85. The van der Waals surface area contributed by atoms with Crippen molar-refractivity contribution in [3.05, 3.63) is 77.4 Å².